The fourth-order valence-electron chi connectivity index (χ4n) is 2.35. The zero-order valence-corrected chi connectivity index (χ0v) is 11.1. The standard InChI is InChI=1S/C15H21NO2/c1-11-3-7-14(8-4-11)16(10-9-15(17)18)12(2)13-5-6-13/h3-4,7-8,12-13H,5-6,9-10H2,1-2H3,(H,17,18). The van der Waals surface area contributed by atoms with Crippen molar-refractivity contribution in [2.75, 3.05) is 11.4 Å². The topological polar surface area (TPSA) is 40.5 Å². The molecule has 0 radical (unpaired) electrons. The van der Waals surface area contributed by atoms with Crippen molar-refractivity contribution in [2.24, 2.45) is 5.92 Å². The summed E-state index contributed by atoms with van der Waals surface area (Å²) in [5.41, 5.74) is 2.37. The van der Waals surface area contributed by atoms with Crippen LogP contribution < -0.4 is 4.90 Å². The van der Waals surface area contributed by atoms with Crippen molar-refractivity contribution in [3.05, 3.63) is 29.8 Å². The Bertz CT molecular complexity index is 409. The zero-order chi connectivity index (χ0) is 13.1. The average Bonchev–Trinajstić information content (AvgIpc) is 3.15. The minimum Gasteiger partial charge on any atom is -0.481 e. The molecule has 0 bridgehead atoms. The lowest BCUT2D eigenvalue weighted by Crippen LogP contribution is -2.36. The second-order valence-electron chi connectivity index (χ2n) is 5.25. The van der Waals surface area contributed by atoms with Gasteiger partial charge in [0.2, 0.25) is 0 Å². The molecule has 1 aliphatic carbocycles. The van der Waals surface area contributed by atoms with Crippen LogP contribution in [0.15, 0.2) is 24.3 Å². The second kappa shape index (κ2) is 5.42. The third-order valence-electron chi connectivity index (χ3n) is 3.73. The molecule has 0 saturated heterocycles. The Balaban J connectivity index is 2.11. The van der Waals surface area contributed by atoms with Gasteiger partial charge in [0.25, 0.3) is 0 Å². The van der Waals surface area contributed by atoms with Crippen LogP contribution in [0.2, 0.25) is 0 Å². The number of anilines is 1. The van der Waals surface area contributed by atoms with Gasteiger partial charge in [-0.25, -0.2) is 0 Å². The lowest BCUT2D eigenvalue weighted by atomic mass is 10.1. The highest BCUT2D eigenvalue weighted by atomic mass is 16.4. The van der Waals surface area contributed by atoms with Crippen LogP contribution in [0, 0.1) is 12.8 Å². The number of benzene rings is 1. The van der Waals surface area contributed by atoms with Crippen LogP contribution >= 0.6 is 0 Å². The summed E-state index contributed by atoms with van der Waals surface area (Å²) in [5.74, 6) is 0.00945. The van der Waals surface area contributed by atoms with Crippen LogP contribution in [0.4, 0.5) is 5.69 Å². The van der Waals surface area contributed by atoms with Gasteiger partial charge >= 0.3 is 5.97 Å². The molecule has 2 rings (SSSR count). The van der Waals surface area contributed by atoms with Crippen LogP contribution in [0.5, 0.6) is 0 Å². The molecule has 0 aliphatic heterocycles. The number of hydrogen-bond donors (Lipinski definition) is 1. The van der Waals surface area contributed by atoms with Gasteiger partial charge in [0.15, 0.2) is 0 Å². The van der Waals surface area contributed by atoms with E-state index in [-0.39, 0.29) is 6.42 Å². The van der Waals surface area contributed by atoms with E-state index >= 15 is 0 Å². The van der Waals surface area contributed by atoms with E-state index in [1.54, 1.807) is 0 Å². The van der Waals surface area contributed by atoms with Gasteiger partial charge in [-0.1, -0.05) is 17.7 Å². The van der Waals surface area contributed by atoms with Gasteiger partial charge < -0.3 is 10.0 Å². The summed E-state index contributed by atoms with van der Waals surface area (Å²) in [6.45, 7) is 4.87. The summed E-state index contributed by atoms with van der Waals surface area (Å²) in [7, 11) is 0. The Kier molecular flexibility index (Phi) is 3.90. The number of aryl methyl sites for hydroxylation is 1. The van der Waals surface area contributed by atoms with E-state index in [1.165, 1.54) is 18.4 Å². The Hall–Kier alpha value is -1.51. The van der Waals surface area contributed by atoms with Gasteiger partial charge in [-0.2, -0.15) is 0 Å². The summed E-state index contributed by atoms with van der Waals surface area (Å²) < 4.78 is 0. The first-order valence-electron chi connectivity index (χ1n) is 6.63. The highest BCUT2D eigenvalue weighted by Crippen LogP contribution is 2.36. The number of hydrogen-bond acceptors (Lipinski definition) is 2. The van der Waals surface area contributed by atoms with E-state index in [1.807, 2.05) is 0 Å². The number of nitrogens with zero attached hydrogens (tertiary/aromatic N) is 1. The molecule has 1 N–H and O–H groups in total. The smallest absolute Gasteiger partial charge is 0.305 e. The predicted octanol–water partition coefficient (Wildman–Crippen LogP) is 3.07. The van der Waals surface area contributed by atoms with Gasteiger partial charge in [0, 0.05) is 18.3 Å². The van der Waals surface area contributed by atoms with Crippen molar-refractivity contribution < 1.29 is 9.90 Å². The molecular formula is C15H21NO2. The minimum atomic E-state index is -0.727. The summed E-state index contributed by atoms with van der Waals surface area (Å²) in [6, 6.07) is 8.80. The lowest BCUT2D eigenvalue weighted by molar-refractivity contribution is -0.136. The molecular weight excluding hydrogens is 226 g/mol. The first kappa shape index (κ1) is 12.9. The molecule has 0 spiro atoms. The Morgan fingerprint density at radius 1 is 1.39 bits per heavy atom. The first-order valence-corrected chi connectivity index (χ1v) is 6.63. The van der Waals surface area contributed by atoms with Crippen LogP contribution in [0.3, 0.4) is 0 Å². The monoisotopic (exact) mass is 247 g/mol. The van der Waals surface area contributed by atoms with Crippen molar-refractivity contribution in [3.8, 4) is 0 Å². The molecule has 1 fully saturated rings. The quantitative estimate of drug-likeness (QED) is 0.839. The molecule has 0 heterocycles. The molecule has 1 atom stereocenters. The number of carboxylic acid groups (broad SMARTS) is 1. The summed E-state index contributed by atoms with van der Waals surface area (Å²) >= 11 is 0. The molecule has 3 nitrogen and oxygen atoms in total. The molecule has 3 heteroatoms. The maximum absolute atomic E-state index is 10.8. The van der Waals surface area contributed by atoms with Gasteiger partial charge in [0.1, 0.15) is 0 Å². The van der Waals surface area contributed by atoms with E-state index in [9.17, 15) is 4.79 Å². The van der Waals surface area contributed by atoms with Gasteiger partial charge in [0.05, 0.1) is 6.42 Å². The molecule has 1 saturated carbocycles. The van der Waals surface area contributed by atoms with E-state index in [0.717, 1.165) is 11.6 Å². The summed E-state index contributed by atoms with van der Waals surface area (Å²) in [5, 5.41) is 8.86. The molecule has 1 aromatic rings. The van der Waals surface area contributed by atoms with Crippen molar-refractivity contribution in [1.29, 1.82) is 0 Å². The zero-order valence-electron chi connectivity index (χ0n) is 11.1. The van der Waals surface area contributed by atoms with E-state index in [4.69, 9.17) is 5.11 Å². The molecule has 1 aromatic carbocycles. The first-order chi connectivity index (χ1) is 8.58. The van der Waals surface area contributed by atoms with Crippen LogP contribution in [-0.2, 0) is 4.79 Å². The summed E-state index contributed by atoms with van der Waals surface area (Å²) in [4.78, 5) is 13.0. The SMILES string of the molecule is Cc1ccc(N(CCC(=O)O)C(C)C2CC2)cc1. The number of aliphatic carboxylic acids is 1. The van der Waals surface area contributed by atoms with Gasteiger partial charge in [-0.3, -0.25) is 4.79 Å². The highest BCUT2D eigenvalue weighted by Gasteiger charge is 2.32. The largest absolute Gasteiger partial charge is 0.481 e. The number of carbonyl (C=O) groups is 1. The fourth-order valence-corrected chi connectivity index (χ4v) is 2.35. The van der Waals surface area contributed by atoms with Crippen LogP contribution in [0.1, 0.15) is 31.7 Å². The normalized spacial score (nSPS) is 16.3. The Morgan fingerprint density at radius 3 is 2.50 bits per heavy atom. The fraction of sp³-hybridized carbons (Fsp3) is 0.533. The number of rotatable bonds is 6. The molecule has 0 amide bonds. The summed E-state index contributed by atoms with van der Waals surface area (Å²) in [6.07, 6.45) is 2.75. The lowest BCUT2D eigenvalue weighted by Gasteiger charge is -2.31. The predicted molar refractivity (Wildman–Crippen MR) is 73.0 cm³/mol. The second-order valence-corrected chi connectivity index (χ2v) is 5.25. The maximum Gasteiger partial charge on any atom is 0.305 e. The van der Waals surface area contributed by atoms with Crippen molar-refractivity contribution in [1.82, 2.24) is 0 Å². The highest BCUT2D eigenvalue weighted by molar-refractivity contribution is 5.67. The third kappa shape index (κ3) is 3.25. The van der Waals surface area contributed by atoms with Gasteiger partial charge in [-0.15, -0.1) is 0 Å². The number of carboxylic acids is 1. The van der Waals surface area contributed by atoms with E-state index in [2.05, 4.69) is 43.0 Å². The average molecular weight is 247 g/mol. The molecule has 1 aliphatic rings. The van der Waals surface area contributed by atoms with E-state index < -0.39 is 5.97 Å². The minimum absolute atomic E-state index is 0.199. The Morgan fingerprint density at radius 2 is 2.00 bits per heavy atom. The third-order valence-corrected chi connectivity index (χ3v) is 3.73. The molecule has 1 unspecified atom stereocenters. The molecule has 18 heavy (non-hydrogen) atoms. The van der Waals surface area contributed by atoms with Crippen LogP contribution in [0.25, 0.3) is 0 Å². The molecule has 0 aromatic heterocycles. The van der Waals surface area contributed by atoms with Crippen molar-refractivity contribution >= 4 is 11.7 Å². The Labute approximate surface area is 108 Å². The molecule has 98 valence electrons. The van der Waals surface area contributed by atoms with Crippen molar-refractivity contribution in [2.45, 2.75) is 39.2 Å². The van der Waals surface area contributed by atoms with Crippen LogP contribution in [-0.4, -0.2) is 23.7 Å². The van der Waals surface area contributed by atoms with Crippen molar-refractivity contribution in [3.63, 3.8) is 0 Å². The maximum atomic E-state index is 10.8. The van der Waals surface area contributed by atoms with Gasteiger partial charge in [-0.05, 0) is 44.7 Å². The van der Waals surface area contributed by atoms with E-state index in [0.29, 0.717) is 12.6 Å².